The first kappa shape index (κ1) is 15.6. The van der Waals surface area contributed by atoms with Gasteiger partial charge in [-0.25, -0.2) is 13.1 Å². The van der Waals surface area contributed by atoms with Crippen LogP contribution in [0.25, 0.3) is 0 Å². The summed E-state index contributed by atoms with van der Waals surface area (Å²) in [6.07, 6.45) is 3.80. The van der Waals surface area contributed by atoms with Crippen molar-refractivity contribution in [2.24, 2.45) is 0 Å². The molecule has 0 spiro atoms. The van der Waals surface area contributed by atoms with E-state index >= 15 is 0 Å². The van der Waals surface area contributed by atoms with Gasteiger partial charge in [-0.1, -0.05) is 24.3 Å². The van der Waals surface area contributed by atoms with Gasteiger partial charge < -0.3 is 5.11 Å². The number of aliphatic hydroxyl groups excluding tert-OH is 1. The number of aryl methyl sites for hydroxylation is 1. The second kappa shape index (κ2) is 6.79. The highest BCUT2D eigenvalue weighted by Crippen LogP contribution is 2.18. The van der Waals surface area contributed by atoms with E-state index in [1.54, 1.807) is 23.0 Å². The Labute approximate surface area is 123 Å². The summed E-state index contributed by atoms with van der Waals surface area (Å²) in [4.78, 5) is 0.218. The average molecular weight is 310 g/mol. The SMILES string of the molecule is CCc1ccc(CO)cc1S(=O)(=O)NCCn1ccnn1. The van der Waals surface area contributed by atoms with Gasteiger partial charge in [-0.15, -0.1) is 5.10 Å². The van der Waals surface area contributed by atoms with Crippen LogP contribution in [0.3, 0.4) is 0 Å². The molecule has 21 heavy (non-hydrogen) atoms. The molecule has 0 saturated heterocycles. The minimum absolute atomic E-state index is 0.189. The lowest BCUT2D eigenvalue weighted by Gasteiger charge is -2.12. The minimum Gasteiger partial charge on any atom is -0.392 e. The summed E-state index contributed by atoms with van der Waals surface area (Å²) in [7, 11) is -3.61. The summed E-state index contributed by atoms with van der Waals surface area (Å²) >= 11 is 0. The lowest BCUT2D eigenvalue weighted by molar-refractivity contribution is 0.281. The second-order valence-electron chi connectivity index (χ2n) is 4.52. The topological polar surface area (TPSA) is 97.1 Å². The quantitative estimate of drug-likeness (QED) is 0.767. The maximum absolute atomic E-state index is 12.4. The molecule has 2 aromatic rings. The first-order valence-electron chi connectivity index (χ1n) is 6.63. The Bertz CT molecular complexity index is 683. The molecular weight excluding hydrogens is 292 g/mol. The van der Waals surface area contributed by atoms with E-state index in [2.05, 4.69) is 15.0 Å². The van der Waals surface area contributed by atoms with E-state index in [0.29, 0.717) is 18.5 Å². The Hall–Kier alpha value is -1.77. The van der Waals surface area contributed by atoms with Crippen LogP contribution in [-0.4, -0.2) is 35.1 Å². The molecule has 1 aromatic heterocycles. The molecule has 0 atom stereocenters. The molecule has 2 rings (SSSR count). The van der Waals surface area contributed by atoms with Crippen LogP contribution in [0, 0.1) is 0 Å². The molecule has 2 N–H and O–H groups in total. The number of nitrogens with one attached hydrogen (secondary N) is 1. The van der Waals surface area contributed by atoms with Crippen molar-refractivity contribution in [2.45, 2.75) is 31.4 Å². The number of sulfonamides is 1. The monoisotopic (exact) mass is 310 g/mol. The normalized spacial score (nSPS) is 11.7. The molecule has 0 unspecified atom stereocenters. The second-order valence-corrected chi connectivity index (χ2v) is 6.25. The Kier molecular flexibility index (Phi) is 5.05. The maximum atomic E-state index is 12.4. The number of aliphatic hydroxyl groups is 1. The van der Waals surface area contributed by atoms with Crippen molar-refractivity contribution in [3.63, 3.8) is 0 Å². The number of hydrogen-bond acceptors (Lipinski definition) is 5. The van der Waals surface area contributed by atoms with Crippen LogP contribution >= 0.6 is 0 Å². The van der Waals surface area contributed by atoms with Crippen LogP contribution in [-0.2, 0) is 29.6 Å². The molecular formula is C13H18N4O3S. The fraction of sp³-hybridized carbons (Fsp3) is 0.385. The van der Waals surface area contributed by atoms with E-state index in [1.807, 2.05) is 6.92 Å². The number of benzene rings is 1. The van der Waals surface area contributed by atoms with Gasteiger partial charge in [0.15, 0.2) is 0 Å². The van der Waals surface area contributed by atoms with Crippen molar-refractivity contribution >= 4 is 10.0 Å². The minimum atomic E-state index is -3.61. The molecule has 7 nitrogen and oxygen atoms in total. The fourth-order valence-corrected chi connectivity index (χ4v) is 3.34. The molecule has 0 aliphatic carbocycles. The Morgan fingerprint density at radius 3 is 2.81 bits per heavy atom. The molecule has 0 aliphatic rings. The van der Waals surface area contributed by atoms with Crippen molar-refractivity contribution < 1.29 is 13.5 Å². The zero-order valence-electron chi connectivity index (χ0n) is 11.7. The lowest BCUT2D eigenvalue weighted by atomic mass is 10.1. The summed E-state index contributed by atoms with van der Waals surface area (Å²) in [6, 6.07) is 4.97. The molecule has 0 saturated carbocycles. The Balaban J connectivity index is 2.14. The number of aromatic nitrogens is 3. The molecule has 114 valence electrons. The van der Waals surface area contributed by atoms with E-state index in [4.69, 9.17) is 5.11 Å². The van der Waals surface area contributed by atoms with Gasteiger partial charge in [-0.05, 0) is 23.6 Å². The highest BCUT2D eigenvalue weighted by Gasteiger charge is 2.18. The van der Waals surface area contributed by atoms with Crippen LogP contribution in [0.4, 0.5) is 0 Å². The maximum Gasteiger partial charge on any atom is 0.240 e. The Morgan fingerprint density at radius 1 is 1.38 bits per heavy atom. The van der Waals surface area contributed by atoms with E-state index in [0.717, 1.165) is 5.56 Å². The summed E-state index contributed by atoms with van der Waals surface area (Å²) in [5, 5.41) is 16.6. The van der Waals surface area contributed by atoms with Crippen molar-refractivity contribution in [2.75, 3.05) is 6.54 Å². The summed E-state index contributed by atoms with van der Waals surface area (Å²) < 4.78 is 28.8. The van der Waals surface area contributed by atoms with E-state index in [9.17, 15) is 8.42 Å². The van der Waals surface area contributed by atoms with Crippen molar-refractivity contribution in [1.29, 1.82) is 0 Å². The third-order valence-corrected chi connectivity index (χ3v) is 4.63. The largest absolute Gasteiger partial charge is 0.392 e. The molecule has 0 aliphatic heterocycles. The lowest BCUT2D eigenvalue weighted by Crippen LogP contribution is -2.28. The molecule has 8 heteroatoms. The van der Waals surface area contributed by atoms with Crippen LogP contribution in [0.5, 0.6) is 0 Å². The van der Waals surface area contributed by atoms with Gasteiger partial charge >= 0.3 is 0 Å². The fourth-order valence-electron chi connectivity index (χ4n) is 1.96. The van der Waals surface area contributed by atoms with E-state index < -0.39 is 10.0 Å². The van der Waals surface area contributed by atoms with Crippen LogP contribution < -0.4 is 4.72 Å². The van der Waals surface area contributed by atoms with Gasteiger partial charge in [0, 0.05) is 12.7 Å². The zero-order valence-corrected chi connectivity index (χ0v) is 12.5. The van der Waals surface area contributed by atoms with E-state index in [1.165, 1.54) is 12.3 Å². The summed E-state index contributed by atoms with van der Waals surface area (Å²) in [5.41, 5.74) is 1.30. The zero-order chi connectivity index (χ0) is 15.3. The number of hydrogen-bond donors (Lipinski definition) is 2. The van der Waals surface area contributed by atoms with Gasteiger partial charge in [0.25, 0.3) is 0 Å². The van der Waals surface area contributed by atoms with Gasteiger partial charge in [-0.2, -0.15) is 0 Å². The standard InChI is InChI=1S/C13H18N4O3S/c1-2-12-4-3-11(10-18)9-13(12)21(19,20)15-6-8-17-7-5-14-16-17/h3-5,7,9,15,18H,2,6,8,10H2,1H3. The molecule has 1 heterocycles. The van der Waals surface area contributed by atoms with Gasteiger partial charge in [0.1, 0.15) is 0 Å². The molecule has 0 bridgehead atoms. The van der Waals surface area contributed by atoms with Crippen molar-refractivity contribution in [3.05, 3.63) is 41.7 Å². The predicted octanol–water partition coefficient (Wildman–Crippen LogP) is 0.311. The first-order valence-corrected chi connectivity index (χ1v) is 8.11. The molecule has 0 fully saturated rings. The van der Waals surface area contributed by atoms with Crippen molar-refractivity contribution in [3.8, 4) is 0 Å². The average Bonchev–Trinajstić information content (AvgIpc) is 2.99. The molecule has 0 amide bonds. The van der Waals surface area contributed by atoms with Gasteiger partial charge in [0.05, 0.1) is 24.2 Å². The highest BCUT2D eigenvalue weighted by atomic mass is 32.2. The molecule has 1 aromatic carbocycles. The van der Waals surface area contributed by atoms with Gasteiger partial charge in [-0.3, -0.25) is 4.68 Å². The number of rotatable bonds is 7. The van der Waals surface area contributed by atoms with E-state index in [-0.39, 0.29) is 18.0 Å². The van der Waals surface area contributed by atoms with Crippen LogP contribution in [0.2, 0.25) is 0 Å². The summed E-state index contributed by atoms with van der Waals surface area (Å²) in [5.74, 6) is 0. The summed E-state index contributed by atoms with van der Waals surface area (Å²) in [6.45, 7) is 2.33. The van der Waals surface area contributed by atoms with Crippen molar-refractivity contribution in [1.82, 2.24) is 19.7 Å². The third kappa shape index (κ3) is 3.87. The highest BCUT2D eigenvalue weighted by molar-refractivity contribution is 7.89. The molecule has 0 radical (unpaired) electrons. The van der Waals surface area contributed by atoms with Crippen LogP contribution in [0.15, 0.2) is 35.5 Å². The third-order valence-electron chi connectivity index (χ3n) is 3.09. The number of nitrogens with zero attached hydrogens (tertiary/aromatic N) is 3. The first-order chi connectivity index (χ1) is 10.1. The Morgan fingerprint density at radius 2 is 2.19 bits per heavy atom. The van der Waals surface area contributed by atoms with Gasteiger partial charge in [0.2, 0.25) is 10.0 Å². The smallest absolute Gasteiger partial charge is 0.240 e. The predicted molar refractivity (Wildman–Crippen MR) is 77.0 cm³/mol. The van der Waals surface area contributed by atoms with Crippen LogP contribution in [0.1, 0.15) is 18.1 Å².